The van der Waals surface area contributed by atoms with Gasteiger partial charge in [0.25, 0.3) is 0 Å². The normalized spacial score (nSPS) is 13.8. The number of imide groups is 1. The van der Waals surface area contributed by atoms with Crippen LogP contribution in [0.3, 0.4) is 0 Å². The van der Waals surface area contributed by atoms with Crippen LogP contribution < -0.4 is 20.9 Å². The standard InChI is InChI=1S/C19H30N6O2.HI/c1-3-20-18(22-12-14-25-17(26)15-23-19(25)27)21-11-8-13-24(4-2)16-9-6-5-7-10-16;/h5-7,9-10H,3-4,8,11-15H2,1-2H3,(H,23,27)(H2,20,21,22);1H. The molecule has 3 amide bonds. The monoisotopic (exact) mass is 502 g/mol. The molecule has 0 unspecified atom stereocenters. The predicted molar refractivity (Wildman–Crippen MR) is 123 cm³/mol. The Balaban J connectivity index is 0.00000392. The van der Waals surface area contributed by atoms with Gasteiger partial charge in [0.05, 0.1) is 6.54 Å². The number of para-hydroxylation sites is 1. The molecule has 1 aromatic carbocycles. The summed E-state index contributed by atoms with van der Waals surface area (Å²) in [5, 5.41) is 8.87. The number of nitrogens with zero attached hydrogens (tertiary/aromatic N) is 3. The highest BCUT2D eigenvalue weighted by molar-refractivity contribution is 14.0. The van der Waals surface area contributed by atoms with Crippen LogP contribution in [-0.2, 0) is 4.79 Å². The molecule has 156 valence electrons. The van der Waals surface area contributed by atoms with E-state index < -0.39 is 0 Å². The van der Waals surface area contributed by atoms with Crippen LogP contribution in [0.15, 0.2) is 35.3 Å². The summed E-state index contributed by atoms with van der Waals surface area (Å²) in [6, 6.07) is 10.0. The Morgan fingerprint density at radius 3 is 2.57 bits per heavy atom. The Bertz CT molecular complexity index is 625. The highest BCUT2D eigenvalue weighted by Crippen LogP contribution is 2.12. The summed E-state index contributed by atoms with van der Waals surface area (Å²) >= 11 is 0. The first kappa shape index (κ1) is 24.0. The molecular formula is C19H31IN6O2. The van der Waals surface area contributed by atoms with Crippen molar-refractivity contribution in [2.45, 2.75) is 20.3 Å². The molecule has 1 fully saturated rings. The van der Waals surface area contributed by atoms with E-state index in [0.29, 0.717) is 25.6 Å². The summed E-state index contributed by atoms with van der Waals surface area (Å²) < 4.78 is 0. The van der Waals surface area contributed by atoms with Gasteiger partial charge >= 0.3 is 6.03 Å². The summed E-state index contributed by atoms with van der Waals surface area (Å²) in [7, 11) is 0. The van der Waals surface area contributed by atoms with Crippen LogP contribution in [0.25, 0.3) is 0 Å². The molecule has 1 saturated heterocycles. The van der Waals surface area contributed by atoms with Crippen LogP contribution in [0, 0.1) is 0 Å². The quantitative estimate of drug-likeness (QED) is 0.149. The first-order valence-electron chi connectivity index (χ1n) is 9.56. The molecule has 28 heavy (non-hydrogen) atoms. The van der Waals surface area contributed by atoms with E-state index in [-0.39, 0.29) is 42.5 Å². The van der Waals surface area contributed by atoms with Crippen molar-refractivity contribution in [3.63, 3.8) is 0 Å². The molecule has 0 bridgehead atoms. The van der Waals surface area contributed by atoms with Gasteiger partial charge in [-0.2, -0.15) is 0 Å². The second-order valence-corrected chi connectivity index (χ2v) is 6.16. The average molecular weight is 502 g/mol. The Morgan fingerprint density at radius 1 is 1.21 bits per heavy atom. The summed E-state index contributed by atoms with van der Waals surface area (Å²) in [6.07, 6.45) is 0.937. The first-order valence-corrected chi connectivity index (χ1v) is 9.56. The Morgan fingerprint density at radius 2 is 1.96 bits per heavy atom. The van der Waals surface area contributed by atoms with Gasteiger partial charge in [-0.25, -0.2) is 4.79 Å². The van der Waals surface area contributed by atoms with Gasteiger partial charge in [-0.1, -0.05) is 18.2 Å². The van der Waals surface area contributed by atoms with Crippen molar-refractivity contribution in [3.05, 3.63) is 30.3 Å². The highest BCUT2D eigenvalue weighted by Gasteiger charge is 2.27. The van der Waals surface area contributed by atoms with E-state index in [2.05, 4.69) is 57.0 Å². The molecule has 2 rings (SSSR count). The number of guanidine groups is 1. The predicted octanol–water partition coefficient (Wildman–Crippen LogP) is 1.63. The lowest BCUT2D eigenvalue weighted by atomic mass is 10.2. The number of amides is 3. The second kappa shape index (κ2) is 13.2. The van der Waals surface area contributed by atoms with Crippen molar-refractivity contribution in [3.8, 4) is 0 Å². The molecule has 3 N–H and O–H groups in total. The zero-order chi connectivity index (χ0) is 19.5. The maximum Gasteiger partial charge on any atom is 0.324 e. The summed E-state index contributed by atoms with van der Waals surface area (Å²) in [5.41, 5.74) is 1.22. The molecule has 0 aliphatic carbocycles. The fraction of sp³-hybridized carbons (Fsp3) is 0.526. The molecule has 1 heterocycles. The van der Waals surface area contributed by atoms with E-state index in [1.54, 1.807) is 0 Å². The molecule has 0 atom stereocenters. The summed E-state index contributed by atoms with van der Waals surface area (Å²) in [6.45, 7) is 8.37. The zero-order valence-corrected chi connectivity index (χ0v) is 18.9. The number of halogens is 1. The van der Waals surface area contributed by atoms with E-state index in [4.69, 9.17) is 0 Å². The van der Waals surface area contributed by atoms with Gasteiger partial charge in [0.15, 0.2) is 5.96 Å². The van der Waals surface area contributed by atoms with Gasteiger partial charge in [0, 0.05) is 45.0 Å². The number of aliphatic imine (C=N–C) groups is 1. The number of hydrogen-bond acceptors (Lipinski definition) is 4. The van der Waals surface area contributed by atoms with Crippen LogP contribution in [0.4, 0.5) is 10.5 Å². The van der Waals surface area contributed by atoms with Gasteiger partial charge in [-0.05, 0) is 32.4 Å². The van der Waals surface area contributed by atoms with Gasteiger partial charge in [0.2, 0.25) is 5.91 Å². The van der Waals surface area contributed by atoms with Crippen LogP contribution in [0.5, 0.6) is 0 Å². The smallest absolute Gasteiger partial charge is 0.324 e. The Hall–Kier alpha value is -2.04. The van der Waals surface area contributed by atoms with E-state index >= 15 is 0 Å². The van der Waals surface area contributed by atoms with Crippen molar-refractivity contribution in [1.82, 2.24) is 20.9 Å². The van der Waals surface area contributed by atoms with Crippen LogP contribution in [0.2, 0.25) is 0 Å². The molecular weight excluding hydrogens is 471 g/mol. The highest BCUT2D eigenvalue weighted by atomic mass is 127. The molecule has 0 saturated carbocycles. The maximum atomic E-state index is 11.6. The molecule has 1 aromatic rings. The van der Waals surface area contributed by atoms with Crippen LogP contribution in [0.1, 0.15) is 20.3 Å². The number of anilines is 1. The SMILES string of the molecule is CCNC(=NCCCN(CC)c1ccccc1)NCCN1C(=O)CNC1=O.I. The fourth-order valence-electron chi connectivity index (χ4n) is 2.87. The minimum absolute atomic E-state index is 0. The zero-order valence-electron chi connectivity index (χ0n) is 16.6. The minimum atomic E-state index is -0.329. The van der Waals surface area contributed by atoms with Crippen molar-refractivity contribution < 1.29 is 9.59 Å². The van der Waals surface area contributed by atoms with Gasteiger partial charge in [-0.3, -0.25) is 14.7 Å². The molecule has 9 heteroatoms. The number of carbonyl (C=O) groups excluding carboxylic acids is 2. The van der Waals surface area contributed by atoms with E-state index in [1.165, 1.54) is 10.6 Å². The fourth-order valence-corrected chi connectivity index (χ4v) is 2.87. The lowest BCUT2D eigenvalue weighted by molar-refractivity contribution is -0.124. The number of carbonyl (C=O) groups is 2. The number of nitrogens with one attached hydrogen (secondary N) is 3. The Labute approximate surface area is 184 Å². The van der Waals surface area contributed by atoms with Gasteiger partial charge in [0.1, 0.15) is 0 Å². The largest absolute Gasteiger partial charge is 0.372 e. The molecule has 0 spiro atoms. The van der Waals surface area contributed by atoms with Gasteiger partial charge in [-0.15, -0.1) is 24.0 Å². The van der Waals surface area contributed by atoms with E-state index in [0.717, 1.165) is 26.1 Å². The van der Waals surface area contributed by atoms with E-state index in [9.17, 15) is 9.59 Å². The third-order valence-corrected chi connectivity index (χ3v) is 4.27. The summed E-state index contributed by atoms with van der Waals surface area (Å²) in [4.78, 5) is 31.2. The van der Waals surface area contributed by atoms with Crippen molar-refractivity contribution >= 4 is 47.6 Å². The third-order valence-electron chi connectivity index (χ3n) is 4.27. The van der Waals surface area contributed by atoms with Crippen molar-refractivity contribution in [1.29, 1.82) is 0 Å². The van der Waals surface area contributed by atoms with Crippen molar-refractivity contribution in [2.75, 3.05) is 50.7 Å². The summed E-state index contributed by atoms with van der Waals surface area (Å²) in [5.74, 6) is 0.511. The van der Waals surface area contributed by atoms with Gasteiger partial charge < -0.3 is 20.9 Å². The topological polar surface area (TPSA) is 89.1 Å². The number of hydrogen-bond donors (Lipinski definition) is 3. The minimum Gasteiger partial charge on any atom is -0.372 e. The molecule has 1 aliphatic rings. The average Bonchev–Trinajstić information content (AvgIpc) is 3.00. The molecule has 0 aromatic heterocycles. The van der Waals surface area contributed by atoms with Crippen LogP contribution >= 0.6 is 24.0 Å². The Kier molecular flexibility index (Phi) is 11.3. The number of rotatable bonds is 10. The lowest BCUT2D eigenvalue weighted by Crippen LogP contribution is -2.43. The number of urea groups is 1. The molecule has 8 nitrogen and oxygen atoms in total. The number of benzene rings is 1. The molecule has 0 radical (unpaired) electrons. The lowest BCUT2D eigenvalue weighted by Gasteiger charge is -2.22. The second-order valence-electron chi connectivity index (χ2n) is 6.16. The van der Waals surface area contributed by atoms with E-state index in [1.807, 2.05) is 13.0 Å². The van der Waals surface area contributed by atoms with Crippen LogP contribution in [-0.4, -0.2) is 68.6 Å². The maximum absolute atomic E-state index is 11.6. The van der Waals surface area contributed by atoms with Crippen molar-refractivity contribution in [2.24, 2.45) is 4.99 Å². The first-order chi connectivity index (χ1) is 13.2. The molecule has 1 aliphatic heterocycles. The third kappa shape index (κ3) is 7.53.